The molecule has 2 aromatic rings. The van der Waals surface area contributed by atoms with Crippen LogP contribution in [0.25, 0.3) is 0 Å². The Morgan fingerprint density at radius 2 is 2.05 bits per heavy atom. The SMILES string of the molecule is COc1ncccc1C(=O)Nc1ccc(C(=O)O)cc1O. The summed E-state index contributed by atoms with van der Waals surface area (Å²) in [6.45, 7) is 0. The van der Waals surface area contributed by atoms with E-state index in [0.717, 1.165) is 6.07 Å². The maximum Gasteiger partial charge on any atom is 0.335 e. The van der Waals surface area contributed by atoms with Crippen LogP contribution in [0.3, 0.4) is 0 Å². The number of hydrogen-bond acceptors (Lipinski definition) is 5. The number of nitrogens with zero attached hydrogens (tertiary/aromatic N) is 1. The maximum absolute atomic E-state index is 12.1. The van der Waals surface area contributed by atoms with Crippen molar-refractivity contribution >= 4 is 17.6 Å². The molecule has 3 N–H and O–H groups in total. The fraction of sp³-hybridized carbons (Fsp3) is 0.0714. The first-order valence-corrected chi connectivity index (χ1v) is 5.89. The number of carbonyl (C=O) groups is 2. The molecule has 1 aromatic carbocycles. The van der Waals surface area contributed by atoms with Gasteiger partial charge in [-0.25, -0.2) is 9.78 Å². The first kappa shape index (κ1) is 14.3. The maximum atomic E-state index is 12.1. The Morgan fingerprint density at radius 1 is 1.29 bits per heavy atom. The minimum absolute atomic E-state index is 0.0792. The van der Waals surface area contributed by atoms with Crippen molar-refractivity contribution in [3.05, 3.63) is 47.7 Å². The van der Waals surface area contributed by atoms with Gasteiger partial charge >= 0.3 is 5.97 Å². The van der Waals surface area contributed by atoms with E-state index >= 15 is 0 Å². The Kier molecular flexibility index (Phi) is 4.03. The highest BCUT2D eigenvalue weighted by molar-refractivity contribution is 6.06. The molecule has 0 atom stereocenters. The van der Waals surface area contributed by atoms with E-state index < -0.39 is 11.9 Å². The fourth-order valence-corrected chi connectivity index (χ4v) is 1.69. The van der Waals surface area contributed by atoms with Crippen molar-refractivity contribution in [3.63, 3.8) is 0 Å². The van der Waals surface area contributed by atoms with E-state index in [1.54, 1.807) is 6.07 Å². The fourth-order valence-electron chi connectivity index (χ4n) is 1.69. The number of carboxylic acids is 1. The summed E-state index contributed by atoms with van der Waals surface area (Å²) in [4.78, 5) is 26.8. The highest BCUT2D eigenvalue weighted by Crippen LogP contribution is 2.25. The zero-order valence-corrected chi connectivity index (χ0v) is 11.0. The number of nitrogens with one attached hydrogen (secondary N) is 1. The Morgan fingerprint density at radius 3 is 2.67 bits per heavy atom. The third-order valence-corrected chi connectivity index (χ3v) is 2.70. The number of anilines is 1. The topological polar surface area (TPSA) is 109 Å². The monoisotopic (exact) mass is 288 g/mol. The Hall–Kier alpha value is -3.09. The first-order valence-electron chi connectivity index (χ1n) is 5.89. The van der Waals surface area contributed by atoms with Gasteiger partial charge in [0.05, 0.1) is 18.4 Å². The van der Waals surface area contributed by atoms with Crippen LogP contribution in [0.2, 0.25) is 0 Å². The third-order valence-electron chi connectivity index (χ3n) is 2.70. The highest BCUT2D eigenvalue weighted by atomic mass is 16.5. The van der Waals surface area contributed by atoms with Gasteiger partial charge < -0.3 is 20.3 Å². The minimum Gasteiger partial charge on any atom is -0.506 e. The summed E-state index contributed by atoms with van der Waals surface area (Å²) in [5.74, 6) is -1.89. The number of aromatic hydroxyl groups is 1. The lowest BCUT2D eigenvalue weighted by Gasteiger charge is -2.09. The molecule has 7 nitrogen and oxygen atoms in total. The predicted octanol–water partition coefficient (Wildman–Crippen LogP) is 1.75. The van der Waals surface area contributed by atoms with Gasteiger partial charge in [0.15, 0.2) is 0 Å². The zero-order valence-electron chi connectivity index (χ0n) is 11.0. The number of hydrogen-bond donors (Lipinski definition) is 3. The Bertz CT molecular complexity index is 700. The van der Waals surface area contributed by atoms with Crippen LogP contribution in [-0.4, -0.2) is 34.2 Å². The van der Waals surface area contributed by atoms with Gasteiger partial charge in [0, 0.05) is 6.20 Å². The van der Waals surface area contributed by atoms with E-state index in [0.29, 0.717) is 0 Å². The van der Waals surface area contributed by atoms with Crippen molar-refractivity contribution in [2.75, 3.05) is 12.4 Å². The number of amides is 1. The van der Waals surface area contributed by atoms with E-state index in [2.05, 4.69) is 10.3 Å². The summed E-state index contributed by atoms with van der Waals surface area (Å²) >= 11 is 0. The average molecular weight is 288 g/mol. The number of ether oxygens (including phenoxy) is 1. The molecule has 0 aliphatic carbocycles. The van der Waals surface area contributed by atoms with E-state index in [4.69, 9.17) is 9.84 Å². The molecule has 0 saturated heterocycles. The van der Waals surface area contributed by atoms with Crippen LogP contribution in [0, 0.1) is 0 Å². The van der Waals surface area contributed by atoms with Gasteiger partial charge in [-0.15, -0.1) is 0 Å². The molecule has 0 aliphatic rings. The minimum atomic E-state index is -1.17. The summed E-state index contributed by atoms with van der Waals surface area (Å²) < 4.78 is 4.97. The number of pyridine rings is 1. The number of aromatic nitrogens is 1. The smallest absolute Gasteiger partial charge is 0.335 e. The summed E-state index contributed by atoms with van der Waals surface area (Å²) in [6, 6.07) is 6.73. The van der Waals surface area contributed by atoms with Crippen LogP contribution in [0.15, 0.2) is 36.5 Å². The quantitative estimate of drug-likeness (QED) is 0.739. The molecule has 2 rings (SSSR count). The molecule has 1 amide bonds. The van der Waals surface area contributed by atoms with Crippen molar-refractivity contribution in [3.8, 4) is 11.6 Å². The van der Waals surface area contributed by atoms with Crippen molar-refractivity contribution in [1.29, 1.82) is 0 Å². The number of phenols is 1. The molecule has 0 aliphatic heterocycles. The molecule has 0 saturated carbocycles. The van der Waals surface area contributed by atoms with Crippen LogP contribution < -0.4 is 10.1 Å². The lowest BCUT2D eigenvalue weighted by atomic mass is 10.1. The predicted molar refractivity (Wildman–Crippen MR) is 73.8 cm³/mol. The second kappa shape index (κ2) is 5.91. The number of rotatable bonds is 4. The molecular weight excluding hydrogens is 276 g/mol. The summed E-state index contributed by atoms with van der Waals surface area (Å²) in [5.41, 5.74) is 0.210. The summed E-state index contributed by atoms with van der Waals surface area (Å²) in [6.07, 6.45) is 1.48. The molecule has 0 spiro atoms. The van der Waals surface area contributed by atoms with Gasteiger partial charge in [0.25, 0.3) is 5.91 Å². The number of benzene rings is 1. The van der Waals surface area contributed by atoms with E-state index in [-0.39, 0.29) is 28.4 Å². The van der Waals surface area contributed by atoms with Crippen LogP contribution in [0.5, 0.6) is 11.6 Å². The van der Waals surface area contributed by atoms with Crippen molar-refractivity contribution in [2.24, 2.45) is 0 Å². The van der Waals surface area contributed by atoms with Crippen LogP contribution in [0.1, 0.15) is 20.7 Å². The third kappa shape index (κ3) is 3.08. The van der Waals surface area contributed by atoms with Crippen LogP contribution in [0.4, 0.5) is 5.69 Å². The molecule has 108 valence electrons. The first-order chi connectivity index (χ1) is 10.0. The van der Waals surface area contributed by atoms with Gasteiger partial charge in [0.2, 0.25) is 5.88 Å². The standard InChI is InChI=1S/C14H12N2O5/c1-21-13-9(3-2-6-15-13)12(18)16-10-5-4-8(14(19)20)7-11(10)17/h2-7,17H,1H3,(H,16,18)(H,19,20). The molecular formula is C14H12N2O5. The second-order valence-corrected chi connectivity index (χ2v) is 4.05. The molecule has 0 bridgehead atoms. The molecule has 0 fully saturated rings. The molecule has 1 aromatic heterocycles. The van der Waals surface area contributed by atoms with E-state index in [1.807, 2.05) is 0 Å². The van der Waals surface area contributed by atoms with Crippen LogP contribution in [-0.2, 0) is 0 Å². The molecule has 1 heterocycles. The Balaban J connectivity index is 2.26. The van der Waals surface area contributed by atoms with E-state index in [1.165, 1.54) is 31.5 Å². The number of carboxylic acid groups (broad SMARTS) is 1. The highest BCUT2D eigenvalue weighted by Gasteiger charge is 2.15. The van der Waals surface area contributed by atoms with Crippen LogP contribution >= 0.6 is 0 Å². The van der Waals surface area contributed by atoms with Crippen molar-refractivity contribution in [1.82, 2.24) is 4.98 Å². The summed E-state index contributed by atoms with van der Waals surface area (Å²) in [7, 11) is 1.39. The number of phenolic OH excluding ortho intramolecular Hbond substituents is 1. The van der Waals surface area contributed by atoms with Gasteiger partial charge in [-0.3, -0.25) is 4.79 Å². The van der Waals surface area contributed by atoms with Gasteiger partial charge in [-0.05, 0) is 30.3 Å². The Labute approximate surface area is 119 Å². The lowest BCUT2D eigenvalue weighted by Crippen LogP contribution is -2.14. The molecule has 21 heavy (non-hydrogen) atoms. The normalized spacial score (nSPS) is 9.95. The van der Waals surface area contributed by atoms with Crippen molar-refractivity contribution in [2.45, 2.75) is 0 Å². The average Bonchev–Trinajstić information content (AvgIpc) is 2.48. The summed E-state index contributed by atoms with van der Waals surface area (Å²) in [5, 5.41) is 21.0. The van der Waals surface area contributed by atoms with Gasteiger partial charge in [-0.2, -0.15) is 0 Å². The molecule has 7 heteroatoms. The number of carbonyl (C=O) groups excluding carboxylic acids is 1. The van der Waals surface area contributed by atoms with Gasteiger partial charge in [0.1, 0.15) is 11.3 Å². The van der Waals surface area contributed by atoms with Gasteiger partial charge in [-0.1, -0.05) is 0 Å². The molecule has 0 radical (unpaired) electrons. The number of methoxy groups -OCH3 is 1. The lowest BCUT2D eigenvalue weighted by molar-refractivity contribution is 0.0696. The number of aromatic carboxylic acids is 1. The van der Waals surface area contributed by atoms with E-state index in [9.17, 15) is 14.7 Å². The molecule has 0 unspecified atom stereocenters. The second-order valence-electron chi connectivity index (χ2n) is 4.05. The van der Waals surface area contributed by atoms with Crippen molar-refractivity contribution < 1.29 is 24.5 Å². The largest absolute Gasteiger partial charge is 0.506 e. The zero-order chi connectivity index (χ0) is 15.4.